The third-order valence-corrected chi connectivity index (χ3v) is 7.79. The van der Waals surface area contributed by atoms with Gasteiger partial charge in [-0.3, -0.25) is 14.8 Å². The lowest BCUT2D eigenvalue weighted by atomic mass is 9.78. The van der Waals surface area contributed by atoms with Crippen molar-refractivity contribution in [3.05, 3.63) is 42.0 Å². The van der Waals surface area contributed by atoms with Gasteiger partial charge in [0.25, 0.3) is 0 Å². The number of carbonyl (C=O) groups excluding carboxylic acids is 2. The predicted molar refractivity (Wildman–Crippen MR) is 111 cm³/mol. The molecule has 1 saturated carbocycles. The van der Waals surface area contributed by atoms with E-state index in [1.807, 2.05) is 36.4 Å². The maximum Gasteiger partial charge on any atom is 0.248 e. The lowest BCUT2D eigenvalue weighted by Crippen LogP contribution is -2.62. The average Bonchev–Trinajstić information content (AvgIpc) is 3.50. The van der Waals surface area contributed by atoms with Crippen LogP contribution in [-0.4, -0.2) is 61.0 Å². The van der Waals surface area contributed by atoms with Crippen LogP contribution in [0.5, 0.6) is 0 Å². The molecule has 3 aliphatic rings. The Labute approximate surface area is 176 Å². The zero-order valence-corrected chi connectivity index (χ0v) is 17.7. The summed E-state index contributed by atoms with van der Waals surface area (Å²) in [5, 5.41) is 12.4. The summed E-state index contributed by atoms with van der Waals surface area (Å²) in [5.74, 6) is -1.95. The van der Waals surface area contributed by atoms with Crippen LogP contribution in [0.25, 0.3) is 5.57 Å². The number of hydrogen-bond donors (Lipinski definition) is 3. The van der Waals surface area contributed by atoms with Crippen LogP contribution in [0.3, 0.4) is 0 Å². The summed E-state index contributed by atoms with van der Waals surface area (Å²) in [6.45, 7) is 0.721. The van der Waals surface area contributed by atoms with Crippen LogP contribution in [0.2, 0.25) is 0 Å². The van der Waals surface area contributed by atoms with E-state index in [0.717, 1.165) is 30.2 Å². The number of hydroxylamine groups is 1. The average molecular weight is 434 g/mol. The van der Waals surface area contributed by atoms with E-state index in [4.69, 9.17) is 0 Å². The Balaban J connectivity index is 1.64. The summed E-state index contributed by atoms with van der Waals surface area (Å²) < 4.78 is 26.4. The second-order valence-corrected chi connectivity index (χ2v) is 10.6. The molecule has 0 bridgehead atoms. The van der Waals surface area contributed by atoms with Gasteiger partial charge >= 0.3 is 0 Å². The van der Waals surface area contributed by atoms with Gasteiger partial charge in [-0.15, -0.1) is 0 Å². The summed E-state index contributed by atoms with van der Waals surface area (Å²) in [7, 11) is -3.72. The zero-order valence-electron chi connectivity index (χ0n) is 16.9. The molecule has 2 heterocycles. The van der Waals surface area contributed by atoms with Gasteiger partial charge in [0, 0.05) is 13.1 Å². The van der Waals surface area contributed by atoms with Gasteiger partial charge in [0.1, 0.15) is 0 Å². The minimum absolute atomic E-state index is 0.242. The normalized spacial score (nSPS) is 28.6. The number of Topliss-reactive ketones (excluding diaryl/α,β-unsaturated/α-hetero) is 1. The molecule has 1 aromatic carbocycles. The minimum atomic E-state index is -3.72. The molecule has 0 radical (unpaired) electrons. The first-order valence-corrected chi connectivity index (χ1v) is 12.0. The molecule has 1 aromatic rings. The molecule has 3 atom stereocenters. The topological polar surface area (TPSA) is 116 Å². The standard InChI is InChI=1S/C21H27N3O5S/c1-30(28,29)24-13-21(8-9-21)12-16(20(26)23-27)18(24)19(25)17-11-15(7-10-22-17)14-5-3-2-4-6-14/h2-7,16-18,22,27H,8-13H2,1H3,(H,23,26)/t16-,17?,18-/m0/s1. The molecule has 162 valence electrons. The quantitative estimate of drug-likeness (QED) is 0.470. The summed E-state index contributed by atoms with van der Waals surface area (Å²) >= 11 is 0. The Morgan fingerprint density at radius 2 is 1.93 bits per heavy atom. The van der Waals surface area contributed by atoms with E-state index in [9.17, 15) is 23.2 Å². The number of sulfonamides is 1. The Morgan fingerprint density at radius 1 is 1.23 bits per heavy atom. The molecule has 1 saturated heterocycles. The molecular formula is C21H27N3O5S. The van der Waals surface area contributed by atoms with Crippen molar-refractivity contribution in [2.75, 3.05) is 19.3 Å². The third-order valence-electron chi connectivity index (χ3n) is 6.58. The zero-order chi connectivity index (χ0) is 21.5. The predicted octanol–water partition coefficient (Wildman–Crippen LogP) is 0.937. The first kappa shape index (κ1) is 21.2. The van der Waals surface area contributed by atoms with E-state index < -0.39 is 33.9 Å². The Kier molecular flexibility index (Phi) is 5.56. The molecule has 30 heavy (non-hydrogen) atoms. The fourth-order valence-electron chi connectivity index (χ4n) is 4.79. The van der Waals surface area contributed by atoms with Crippen molar-refractivity contribution in [3.63, 3.8) is 0 Å². The third kappa shape index (κ3) is 4.07. The fourth-order valence-corrected chi connectivity index (χ4v) is 5.96. The number of piperidine rings is 1. The minimum Gasteiger partial charge on any atom is -0.304 e. The Bertz CT molecular complexity index is 972. The van der Waals surface area contributed by atoms with Gasteiger partial charge in [-0.05, 0) is 42.2 Å². The monoisotopic (exact) mass is 433 g/mol. The lowest BCUT2D eigenvalue weighted by molar-refractivity contribution is -0.143. The maximum atomic E-state index is 13.6. The van der Waals surface area contributed by atoms with Crippen molar-refractivity contribution in [1.82, 2.24) is 15.1 Å². The van der Waals surface area contributed by atoms with Crippen LogP contribution >= 0.6 is 0 Å². The Hall–Kier alpha value is -2.07. The highest BCUT2D eigenvalue weighted by Crippen LogP contribution is 2.55. The highest BCUT2D eigenvalue weighted by Gasteiger charge is 2.58. The second-order valence-electron chi connectivity index (χ2n) is 8.70. The molecule has 2 aliphatic heterocycles. The molecule has 1 amide bonds. The van der Waals surface area contributed by atoms with Gasteiger partial charge < -0.3 is 5.32 Å². The van der Waals surface area contributed by atoms with Crippen LogP contribution in [0.15, 0.2) is 36.4 Å². The molecule has 9 heteroatoms. The van der Waals surface area contributed by atoms with Crippen molar-refractivity contribution >= 4 is 27.3 Å². The van der Waals surface area contributed by atoms with E-state index in [0.29, 0.717) is 19.4 Å². The maximum absolute atomic E-state index is 13.6. The molecule has 2 fully saturated rings. The highest BCUT2D eigenvalue weighted by atomic mass is 32.2. The van der Waals surface area contributed by atoms with Crippen molar-refractivity contribution in [2.24, 2.45) is 11.3 Å². The van der Waals surface area contributed by atoms with Crippen molar-refractivity contribution in [2.45, 2.75) is 37.8 Å². The summed E-state index contributed by atoms with van der Waals surface area (Å²) in [6, 6.07) is 7.98. The fraction of sp³-hybridized carbons (Fsp3) is 0.524. The molecule has 4 rings (SSSR count). The molecular weight excluding hydrogens is 406 g/mol. The van der Waals surface area contributed by atoms with Crippen molar-refractivity contribution in [3.8, 4) is 0 Å². The Morgan fingerprint density at radius 3 is 2.53 bits per heavy atom. The van der Waals surface area contributed by atoms with E-state index in [-0.39, 0.29) is 17.7 Å². The van der Waals surface area contributed by atoms with Crippen molar-refractivity contribution < 1.29 is 23.2 Å². The van der Waals surface area contributed by atoms with Gasteiger partial charge in [0.2, 0.25) is 15.9 Å². The van der Waals surface area contributed by atoms with E-state index >= 15 is 0 Å². The first-order valence-electron chi connectivity index (χ1n) is 10.2. The van der Waals surface area contributed by atoms with Crippen LogP contribution in [0.4, 0.5) is 0 Å². The van der Waals surface area contributed by atoms with Crippen LogP contribution in [-0.2, 0) is 19.6 Å². The number of ketones is 1. The van der Waals surface area contributed by atoms with Gasteiger partial charge in [-0.2, -0.15) is 4.31 Å². The second kappa shape index (κ2) is 7.88. The summed E-state index contributed by atoms with van der Waals surface area (Å²) in [4.78, 5) is 26.1. The van der Waals surface area contributed by atoms with E-state index in [1.165, 1.54) is 4.31 Å². The van der Waals surface area contributed by atoms with Gasteiger partial charge in [0.05, 0.1) is 24.3 Å². The SMILES string of the molecule is CS(=O)(=O)N1CC2(CC2)C[C@H](C(=O)NO)[C@H]1C(=O)C1CC(c2ccccc2)=CCN1. The lowest BCUT2D eigenvalue weighted by Gasteiger charge is -2.43. The largest absolute Gasteiger partial charge is 0.304 e. The number of hydrogen-bond acceptors (Lipinski definition) is 6. The van der Waals surface area contributed by atoms with Crippen LogP contribution in [0, 0.1) is 11.3 Å². The number of nitrogens with one attached hydrogen (secondary N) is 2. The van der Waals surface area contributed by atoms with E-state index in [2.05, 4.69) is 5.32 Å². The number of amides is 1. The molecule has 1 aliphatic carbocycles. The van der Waals surface area contributed by atoms with Crippen LogP contribution in [0.1, 0.15) is 31.2 Å². The molecule has 3 N–H and O–H groups in total. The molecule has 1 unspecified atom stereocenters. The number of benzene rings is 1. The summed E-state index contributed by atoms with van der Waals surface area (Å²) in [5.41, 5.74) is 3.40. The number of rotatable bonds is 5. The summed E-state index contributed by atoms with van der Waals surface area (Å²) in [6.07, 6.45) is 5.54. The van der Waals surface area contributed by atoms with Crippen molar-refractivity contribution in [1.29, 1.82) is 0 Å². The first-order chi connectivity index (χ1) is 14.2. The smallest absolute Gasteiger partial charge is 0.248 e. The molecule has 1 spiro atoms. The number of nitrogens with zero attached hydrogens (tertiary/aromatic N) is 1. The molecule has 8 nitrogen and oxygen atoms in total. The van der Waals surface area contributed by atoms with Gasteiger partial charge in [-0.25, -0.2) is 13.9 Å². The highest BCUT2D eigenvalue weighted by molar-refractivity contribution is 7.88. The van der Waals surface area contributed by atoms with Gasteiger partial charge in [-0.1, -0.05) is 36.4 Å². The van der Waals surface area contributed by atoms with E-state index in [1.54, 1.807) is 5.48 Å². The number of carbonyl (C=O) groups is 2. The molecule has 0 aromatic heterocycles. The van der Waals surface area contributed by atoms with Crippen LogP contribution < -0.4 is 10.8 Å². The van der Waals surface area contributed by atoms with Gasteiger partial charge in [0.15, 0.2) is 5.78 Å².